The van der Waals surface area contributed by atoms with Crippen LogP contribution in [0.1, 0.15) is 25.0 Å². The van der Waals surface area contributed by atoms with E-state index in [-0.39, 0.29) is 12.7 Å². The lowest BCUT2D eigenvalue weighted by Gasteiger charge is -2.23. The maximum Gasteiger partial charge on any atom is 0.296 e. The maximum atomic E-state index is 12.1. The summed E-state index contributed by atoms with van der Waals surface area (Å²) in [6.07, 6.45) is 3.59. The summed E-state index contributed by atoms with van der Waals surface area (Å²) in [5.74, 6) is 6.42. The number of aromatic nitrogens is 2. The van der Waals surface area contributed by atoms with Gasteiger partial charge in [-0.1, -0.05) is 5.92 Å². The molecule has 1 aliphatic heterocycles. The van der Waals surface area contributed by atoms with Gasteiger partial charge >= 0.3 is 0 Å². The number of aryl methyl sites for hydroxylation is 1. The van der Waals surface area contributed by atoms with E-state index in [1.165, 1.54) is 0 Å². The molecular weight excluding hydrogens is 294 g/mol. The van der Waals surface area contributed by atoms with Gasteiger partial charge in [-0.25, -0.2) is 0 Å². The van der Waals surface area contributed by atoms with Crippen molar-refractivity contribution in [1.29, 1.82) is 0 Å². The van der Waals surface area contributed by atoms with Crippen LogP contribution in [0.4, 0.5) is 0 Å². The molecule has 0 aliphatic carbocycles. The second-order valence-electron chi connectivity index (χ2n) is 5.80. The van der Waals surface area contributed by atoms with Crippen molar-refractivity contribution in [2.45, 2.75) is 19.4 Å². The molecule has 1 aromatic carbocycles. The van der Waals surface area contributed by atoms with Crippen molar-refractivity contribution in [3.05, 3.63) is 41.7 Å². The number of amides is 1. The van der Waals surface area contributed by atoms with Gasteiger partial charge in [-0.3, -0.25) is 9.48 Å². The van der Waals surface area contributed by atoms with Crippen molar-refractivity contribution in [1.82, 2.24) is 15.1 Å². The zero-order valence-electron chi connectivity index (χ0n) is 13.2. The van der Waals surface area contributed by atoms with Gasteiger partial charge in [-0.05, 0) is 32.0 Å². The number of hydrogen-bond acceptors (Lipinski definition) is 4. The molecule has 6 heteroatoms. The summed E-state index contributed by atoms with van der Waals surface area (Å²) < 4.78 is 12.2. The van der Waals surface area contributed by atoms with E-state index < -0.39 is 5.54 Å². The van der Waals surface area contributed by atoms with E-state index in [0.717, 1.165) is 5.56 Å². The average molecular weight is 311 g/mol. The summed E-state index contributed by atoms with van der Waals surface area (Å²) >= 11 is 0. The lowest BCUT2D eigenvalue weighted by atomic mass is 9.98. The normalized spacial score (nSPS) is 12.5. The van der Waals surface area contributed by atoms with Crippen LogP contribution in [0.2, 0.25) is 0 Å². The fourth-order valence-corrected chi connectivity index (χ4v) is 2.23. The van der Waals surface area contributed by atoms with Crippen LogP contribution in [0.15, 0.2) is 30.6 Å². The molecule has 1 N–H and O–H groups in total. The van der Waals surface area contributed by atoms with Crippen LogP contribution in [-0.4, -0.2) is 22.5 Å². The quantitative estimate of drug-likeness (QED) is 0.855. The van der Waals surface area contributed by atoms with Crippen molar-refractivity contribution >= 4 is 5.91 Å². The van der Waals surface area contributed by atoms with E-state index >= 15 is 0 Å². The van der Waals surface area contributed by atoms with E-state index in [2.05, 4.69) is 22.3 Å². The number of carbonyl (C=O) groups is 1. The minimum atomic E-state index is -0.547. The Morgan fingerprint density at radius 2 is 2.13 bits per heavy atom. The molecule has 23 heavy (non-hydrogen) atoms. The second-order valence-corrected chi connectivity index (χ2v) is 5.80. The third kappa shape index (κ3) is 3.29. The zero-order chi connectivity index (χ0) is 16.4. The first-order valence-corrected chi connectivity index (χ1v) is 7.17. The van der Waals surface area contributed by atoms with Gasteiger partial charge in [0.25, 0.3) is 5.91 Å². The van der Waals surface area contributed by atoms with E-state index in [9.17, 15) is 4.79 Å². The first-order chi connectivity index (χ1) is 10.9. The monoisotopic (exact) mass is 311 g/mol. The molecule has 118 valence electrons. The first kappa shape index (κ1) is 15.0. The van der Waals surface area contributed by atoms with Crippen LogP contribution in [-0.2, 0) is 17.4 Å². The molecule has 0 radical (unpaired) electrons. The fourth-order valence-electron chi connectivity index (χ4n) is 2.23. The average Bonchev–Trinajstić information content (AvgIpc) is 3.13. The Labute approximate surface area is 134 Å². The van der Waals surface area contributed by atoms with E-state index in [1.54, 1.807) is 29.1 Å². The molecule has 0 unspecified atom stereocenters. The molecule has 3 rings (SSSR count). The third-order valence-corrected chi connectivity index (χ3v) is 3.55. The topological polar surface area (TPSA) is 65.4 Å². The summed E-state index contributed by atoms with van der Waals surface area (Å²) in [5, 5.41) is 7.01. The number of nitrogens with zero attached hydrogens (tertiary/aromatic N) is 2. The maximum absolute atomic E-state index is 12.1. The molecule has 1 aromatic heterocycles. The SMILES string of the molecule is Cn1cc(C(C)(C)NC(=O)C#Cc2ccc3c(c2)OCO3)cn1. The molecule has 1 amide bonds. The van der Waals surface area contributed by atoms with Crippen molar-refractivity contribution in [3.63, 3.8) is 0 Å². The number of rotatable bonds is 2. The van der Waals surface area contributed by atoms with Gasteiger partial charge in [0.15, 0.2) is 11.5 Å². The molecule has 0 saturated carbocycles. The highest BCUT2D eigenvalue weighted by atomic mass is 16.7. The highest BCUT2D eigenvalue weighted by molar-refractivity contribution is 5.94. The number of carbonyl (C=O) groups excluding carboxylic acids is 1. The van der Waals surface area contributed by atoms with Gasteiger partial charge in [0, 0.05) is 30.3 Å². The van der Waals surface area contributed by atoms with E-state index in [1.807, 2.05) is 27.1 Å². The smallest absolute Gasteiger partial charge is 0.296 e. The molecule has 2 heterocycles. The fraction of sp³-hybridized carbons (Fsp3) is 0.294. The molecule has 1 aliphatic rings. The minimum absolute atomic E-state index is 0.214. The lowest BCUT2D eigenvalue weighted by Crippen LogP contribution is -2.40. The second kappa shape index (κ2) is 5.69. The van der Waals surface area contributed by atoms with Crippen LogP contribution in [0.25, 0.3) is 0 Å². The third-order valence-electron chi connectivity index (χ3n) is 3.55. The Morgan fingerprint density at radius 3 is 2.87 bits per heavy atom. The molecule has 0 atom stereocenters. The largest absolute Gasteiger partial charge is 0.454 e. The van der Waals surface area contributed by atoms with Crippen LogP contribution in [0, 0.1) is 11.8 Å². The number of benzene rings is 1. The molecule has 6 nitrogen and oxygen atoms in total. The predicted molar refractivity (Wildman–Crippen MR) is 83.8 cm³/mol. The Morgan fingerprint density at radius 1 is 1.35 bits per heavy atom. The number of ether oxygens (including phenoxy) is 2. The molecule has 0 bridgehead atoms. The number of hydrogen-bond donors (Lipinski definition) is 1. The van der Waals surface area contributed by atoms with Gasteiger partial charge in [0.1, 0.15) is 0 Å². The van der Waals surface area contributed by atoms with Crippen molar-refractivity contribution in [2.24, 2.45) is 7.05 Å². The zero-order valence-corrected chi connectivity index (χ0v) is 13.2. The van der Waals surface area contributed by atoms with Gasteiger partial charge in [0.05, 0.1) is 11.7 Å². The van der Waals surface area contributed by atoms with Crippen LogP contribution < -0.4 is 14.8 Å². The van der Waals surface area contributed by atoms with Crippen molar-refractivity contribution in [2.75, 3.05) is 6.79 Å². The van der Waals surface area contributed by atoms with Gasteiger partial charge in [-0.2, -0.15) is 5.10 Å². The summed E-state index contributed by atoms with van der Waals surface area (Å²) in [6, 6.07) is 5.33. The van der Waals surface area contributed by atoms with Crippen LogP contribution in [0.5, 0.6) is 11.5 Å². The van der Waals surface area contributed by atoms with Crippen molar-refractivity contribution < 1.29 is 14.3 Å². The highest BCUT2D eigenvalue weighted by Crippen LogP contribution is 2.32. The highest BCUT2D eigenvalue weighted by Gasteiger charge is 2.23. The summed E-state index contributed by atoms with van der Waals surface area (Å²) in [6.45, 7) is 4.03. The van der Waals surface area contributed by atoms with Crippen LogP contribution in [0.3, 0.4) is 0 Å². The predicted octanol–water partition coefficient (Wildman–Crippen LogP) is 1.55. The van der Waals surface area contributed by atoms with E-state index in [0.29, 0.717) is 17.1 Å². The van der Waals surface area contributed by atoms with Crippen molar-refractivity contribution in [3.8, 4) is 23.3 Å². The minimum Gasteiger partial charge on any atom is -0.454 e. The van der Waals surface area contributed by atoms with Gasteiger partial charge in [0.2, 0.25) is 6.79 Å². The summed E-state index contributed by atoms with van der Waals surface area (Å²) in [4.78, 5) is 12.1. The lowest BCUT2D eigenvalue weighted by molar-refractivity contribution is -0.117. The van der Waals surface area contributed by atoms with Gasteiger partial charge in [-0.15, -0.1) is 0 Å². The van der Waals surface area contributed by atoms with Gasteiger partial charge < -0.3 is 14.8 Å². The first-order valence-electron chi connectivity index (χ1n) is 7.17. The molecule has 0 saturated heterocycles. The Kier molecular flexibility index (Phi) is 3.70. The van der Waals surface area contributed by atoms with Crippen LogP contribution >= 0.6 is 0 Å². The van der Waals surface area contributed by atoms with E-state index in [4.69, 9.17) is 9.47 Å². The standard InChI is InChI=1S/C17H17N3O3/c1-17(2,13-9-18-20(3)10-13)19-16(21)7-5-12-4-6-14-15(8-12)23-11-22-14/h4,6,8-10H,11H2,1-3H3,(H,19,21). The number of nitrogens with one attached hydrogen (secondary N) is 1. The molecular formula is C17H17N3O3. The molecule has 2 aromatic rings. The Balaban J connectivity index is 1.70. The summed E-state index contributed by atoms with van der Waals surface area (Å²) in [5.41, 5.74) is 1.07. The Hall–Kier alpha value is -2.94. The Bertz CT molecular complexity index is 812. The summed E-state index contributed by atoms with van der Waals surface area (Å²) in [7, 11) is 1.83. The molecule has 0 spiro atoms. The molecule has 0 fully saturated rings. The number of fused-ring (bicyclic) bond motifs is 1.